The Balaban J connectivity index is 2.30. The highest BCUT2D eigenvalue weighted by atomic mass is 19.1. The monoisotopic (exact) mass is 224 g/mol. The van der Waals surface area contributed by atoms with Crippen molar-refractivity contribution < 1.29 is 19.0 Å². The second kappa shape index (κ2) is 3.77. The third-order valence-electron chi connectivity index (χ3n) is 3.19. The molecule has 0 bridgehead atoms. The van der Waals surface area contributed by atoms with Gasteiger partial charge in [0.05, 0.1) is 12.5 Å². The minimum Gasteiger partial charge on any atom is -0.497 e. The van der Waals surface area contributed by atoms with Crippen molar-refractivity contribution in [3.8, 4) is 5.75 Å². The number of methoxy groups -OCH3 is 1. The lowest BCUT2D eigenvalue weighted by Crippen LogP contribution is -2.48. The largest absolute Gasteiger partial charge is 0.497 e. The first-order valence-electron chi connectivity index (χ1n) is 5.10. The van der Waals surface area contributed by atoms with E-state index in [-0.39, 0.29) is 12.8 Å². The lowest BCUT2D eigenvalue weighted by atomic mass is 9.63. The van der Waals surface area contributed by atoms with E-state index in [1.165, 1.54) is 0 Å². The van der Waals surface area contributed by atoms with Crippen molar-refractivity contribution in [1.82, 2.24) is 0 Å². The predicted octanol–water partition coefficient (Wildman–Crippen LogP) is 2.15. The fourth-order valence-corrected chi connectivity index (χ4v) is 2.14. The van der Waals surface area contributed by atoms with E-state index in [0.29, 0.717) is 11.3 Å². The molecular formula is C12H13FO3. The summed E-state index contributed by atoms with van der Waals surface area (Å²) in [6.45, 7) is 0. The van der Waals surface area contributed by atoms with Crippen molar-refractivity contribution >= 4 is 5.97 Å². The Bertz CT molecular complexity index is 393. The zero-order valence-electron chi connectivity index (χ0n) is 8.94. The number of hydrogen-bond acceptors (Lipinski definition) is 2. The molecule has 4 heteroatoms. The van der Waals surface area contributed by atoms with Gasteiger partial charge in [-0.05, 0) is 30.5 Å². The first-order chi connectivity index (χ1) is 7.58. The van der Waals surface area contributed by atoms with Crippen LogP contribution in [0.4, 0.5) is 4.39 Å². The molecule has 0 spiro atoms. The number of benzene rings is 1. The summed E-state index contributed by atoms with van der Waals surface area (Å²) in [5.74, 6) is -0.285. The molecule has 0 amide bonds. The van der Waals surface area contributed by atoms with E-state index in [4.69, 9.17) is 4.74 Å². The highest BCUT2D eigenvalue weighted by molar-refractivity contribution is 5.83. The molecule has 0 aromatic heterocycles. The van der Waals surface area contributed by atoms with Crippen LogP contribution in [0.2, 0.25) is 0 Å². The quantitative estimate of drug-likeness (QED) is 0.855. The van der Waals surface area contributed by atoms with Crippen LogP contribution in [0.3, 0.4) is 0 Å². The predicted molar refractivity (Wildman–Crippen MR) is 56.4 cm³/mol. The zero-order valence-corrected chi connectivity index (χ0v) is 8.94. The Kier molecular flexibility index (Phi) is 2.58. The normalized spacial score (nSPS) is 28.2. The van der Waals surface area contributed by atoms with Gasteiger partial charge in [0.15, 0.2) is 0 Å². The van der Waals surface area contributed by atoms with Crippen molar-refractivity contribution in [3.05, 3.63) is 29.8 Å². The van der Waals surface area contributed by atoms with Crippen molar-refractivity contribution in [3.63, 3.8) is 0 Å². The highest BCUT2D eigenvalue weighted by Crippen LogP contribution is 2.46. The maximum atomic E-state index is 12.9. The highest BCUT2D eigenvalue weighted by Gasteiger charge is 2.52. The number of carboxylic acids is 1. The average molecular weight is 224 g/mol. The van der Waals surface area contributed by atoms with Gasteiger partial charge in [-0.1, -0.05) is 12.1 Å². The van der Waals surface area contributed by atoms with Gasteiger partial charge in [-0.2, -0.15) is 0 Å². The number of carboxylic acid groups (broad SMARTS) is 1. The molecule has 1 fully saturated rings. The standard InChI is InChI=1S/C12H13FO3/c1-16-10-4-2-8(3-5-10)12(11(14)15)6-9(13)7-12/h2-5,9H,6-7H2,1H3,(H,14,15). The number of aliphatic carboxylic acids is 1. The second-order valence-electron chi connectivity index (χ2n) is 4.12. The van der Waals surface area contributed by atoms with Crippen LogP contribution < -0.4 is 4.74 Å². The summed E-state index contributed by atoms with van der Waals surface area (Å²) >= 11 is 0. The van der Waals surface area contributed by atoms with E-state index in [9.17, 15) is 14.3 Å². The Morgan fingerprint density at radius 2 is 2.00 bits per heavy atom. The van der Waals surface area contributed by atoms with Gasteiger partial charge in [0.25, 0.3) is 0 Å². The van der Waals surface area contributed by atoms with Crippen LogP contribution >= 0.6 is 0 Å². The van der Waals surface area contributed by atoms with Gasteiger partial charge in [-0.15, -0.1) is 0 Å². The van der Waals surface area contributed by atoms with Gasteiger partial charge >= 0.3 is 5.97 Å². The number of carbonyl (C=O) groups is 1. The van der Waals surface area contributed by atoms with Gasteiger partial charge in [0, 0.05) is 0 Å². The van der Waals surface area contributed by atoms with Crippen LogP contribution in [0.25, 0.3) is 0 Å². The van der Waals surface area contributed by atoms with E-state index >= 15 is 0 Å². The van der Waals surface area contributed by atoms with Crippen LogP contribution in [0.5, 0.6) is 5.75 Å². The minimum atomic E-state index is -1.04. The Morgan fingerprint density at radius 3 is 2.38 bits per heavy atom. The van der Waals surface area contributed by atoms with Gasteiger partial charge in [-0.3, -0.25) is 4.79 Å². The number of hydrogen-bond donors (Lipinski definition) is 1. The Morgan fingerprint density at radius 1 is 1.44 bits per heavy atom. The summed E-state index contributed by atoms with van der Waals surface area (Å²) in [5, 5.41) is 9.18. The molecule has 3 nitrogen and oxygen atoms in total. The van der Waals surface area contributed by atoms with Crippen LogP contribution in [-0.2, 0) is 10.2 Å². The van der Waals surface area contributed by atoms with E-state index < -0.39 is 17.6 Å². The molecule has 0 radical (unpaired) electrons. The number of alkyl halides is 1. The molecule has 1 aliphatic carbocycles. The average Bonchev–Trinajstić information content (AvgIpc) is 2.24. The van der Waals surface area contributed by atoms with E-state index in [1.807, 2.05) is 0 Å². The first-order valence-corrected chi connectivity index (χ1v) is 5.10. The molecule has 1 aliphatic rings. The molecule has 2 rings (SSSR count). The smallest absolute Gasteiger partial charge is 0.314 e. The molecular weight excluding hydrogens is 211 g/mol. The van der Waals surface area contributed by atoms with Crippen LogP contribution in [0, 0.1) is 0 Å². The Labute approximate surface area is 92.9 Å². The number of ether oxygens (including phenoxy) is 1. The maximum Gasteiger partial charge on any atom is 0.314 e. The van der Waals surface area contributed by atoms with E-state index in [2.05, 4.69) is 0 Å². The summed E-state index contributed by atoms with van der Waals surface area (Å²) in [6.07, 6.45) is -0.873. The fraction of sp³-hybridized carbons (Fsp3) is 0.417. The summed E-state index contributed by atoms with van der Waals surface area (Å²) in [6, 6.07) is 6.79. The summed E-state index contributed by atoms with van der Waals surface area (Å²) in [4.78, 5) is 11.2. The van der Waals surface area contributed by atoms with E-state index in [0.717, 1.165) is 0 Å². The maximum absolute atomic E-state index is 12.9. The molecule has 0 aliphatic heterocycles. The molecule has 1 aromatic rings. The van der Waals surface area contributed by atoms with E-state index in [1.54, 1.807) is 31.4 Å². The molecule has 16 heavy (non-hydrogen) atoms. The van der Waals surface area contributed by atoms with Crippen molar-refractivity contribution in [2.24, 2.45) is 0 Å². The molecule has 1 N–H and O–H groups in total. The van der Waals surface area contributed by atoms with Crippen molar-refractivity contribution in [1.29, 1.82) is 0 Å². The molecule has 86 valence electrons. The van der Waals surface area contributed by atoms with Crippen LogP contribution in [-0.4, -0.2) is 24.4 Å². The SMILES string of the molecule is COc1ccc(C2(C(=O)O)CC(F)C2)cc1. The lowest BCUT2D eigenvalue weighted by molar-refractivity contribution is -0.150. The Hall–Kier alpha value is -1.58. The van der Waals surface area contributed by atoms with Crippen LogP contribution in [0.1, 0.15) is 18.4 Å². The molecule has 1 aromatic carbocycles. The summed E-state index contributed by atoms with van der Waals surface area (Å²) < 4.78 is 17.9. The summed E-state index contributed by atoms with van der Waals surface area (Å²) in [7, 11) is 1.54. The lowest BCUT2D eigenvalue weighted by Gasteiger charge is -2.40. The molecule has 0 saturated heterocycles. The molecule has 0 atom stereocenters. The molecule has 0 unspecified atom stereocenters. The molecule has 0 heterocycles. The van der Waals surface area contributed by atoms with Crippen LogP contribution in [0.15, 0.2) is 24.3 Å². The van der Waals surface area contributed by atoms with Gasteiger partial charge < -0.3 is 9.84 Å². The minimum absolute atomic E-state index is 0.0641. The molecule has 1 saturated carbocycles. The van der Waals surface area contributed by atoms with Crippen molar-refractivity contribution in [2.75, 3.05) is 7.11 Å². The third kappa shape index (κ3) is 1.54. The summed E-state index contributed by atoms with van der Waals surface area (Å²) in [5.41, 5.74) is -0.388. The number of rotatable bonds is 3. The van der Waals surface area contributed by atoms with Crippen molar-refractivity contribution in [2.45, 2.75) is 24.4 Å². The third-order valence-corrected chi connectivity index (χ3v) is 3.19. The second-order valence-corrected chi connectivity index (χ2v) is 4.12. The number of halogens is 1. The zero-order chi connectivity index (χ0) is 11.8. The van der Waals surface area contributed by atoms with Gasteiger partial charge in [0.1, 0.15) is 11.9 Å². The van der Waals surface area contributed by atoms with Gasteiger partial charge in [0.2, 0.25) is 0 Å². The van der Waals surface area contributed by atoms with Gasteiger partial charge in [-0.25, -0.2) is 4.39 Å². The first kappa shape index (κ1) is 10.9. The topological polar surface area (TPSA) is 46.5 Å². The fourth-order valence-electron chi connectivity index (χ4n) is 2.14.